The molecule has 0 aromatic rings. The van der Waals surface area contributed by atoms with E-state index < -0.39 is 0 Å². The molecule has 0 unspecified atom stereocenters. The summed E-state index contributed by atoms with van der Waals surface area (Å²) in [6.07, 6.45) is 16.0. The van der Waals surface area contributed by atoms with Crippen molar-refractivity contribution in [1.29, 1.82) is 0 Å². The van der Waals surface area contributed by atoms with Crippen molar-refractivity contribution in [2.24, 2.45) is 4.99 Å². The van der Waals surface area contributed by atoms with E-state index in [2.05, 4.69) is 50.1 Å². The van der Waals surface area contributed by atoms with Crippen molar-refractivity contribution in [3.8, 4) is 0 Å². The van der Waals surface area contributed by atoms with Crippen molar-refractivity contribution >= 4 is 6.21 Å². The van der Waals surface area contributed by atoms with E-state index in [-0.39, 0.29) is 6.61 Å². The topological polar surface area (TPSA) is 32.6 Å². The lowest BCUT2D eigenvalue weighted by Gasteiger charge is -1.90. The molecule has 0 heterocycles. The number of aliphatic imine (C=N–C) groups is 1. The van der Waals surface area contributed by atoms with Crippen LogP contribution in [0.15, 0.2) is 64.2 Å². The summed E-state index contributed by atoms with van der Waals surface area (Å²) in [5.74, 6) is 0. The number of allylic oxidation sites excluding steroid dienone is 10. The van der Waals surface area contributed by atoms with E-state index in [0.717, 1.165) is 5.57 Å². The Morgan fingerprint density at radius 2 is 1.47 bits per heavy atom. The highest BCUT2D eigenvalue weighted by atomic mass is 16.3. The van der Waals surface area contributed by atoms with E-state index in [0.29, 0.717) is 6.54 Å². The van der Waals surface area contributed by atoms with Crippen molar-refractivity contribution in [2.75, 3.05) is 13.2 Å². The van der Waals surface area contributed by atoms with Crippen LogP contribution in [0.2, 0.25) is 0 Å². The molecule has 0 saturated carbocycles. The Bertz CT molecular complexity index is 417. The predicted octanol–water partition coefficient (Wildman–Crippen LogP) is 4.02. The third-order valence-corrected chi connectivity index (χ3v) is 2.18. The van der Waals surface area contributed by atoms with Gasteiger partial charge in [-0.05, 0) is 39.3 Å². The first-order valence-electron chi connectivity index (χ1n) is 6.50. The van der Waals surface area contributed by atoms with Crippen LogP contribution in [-0.4, -0.2) is 24.5 Å². The van der Waals surface area contributed by atoms with Crippen molar-refractivity contribution in [1.82, 2.24) is 0 Å². The molecule has 0 atom stereocenters. The summed E-state index contributed by atoms with van der Waals surface area (Å²) in [5.41, 5.74) is 3.62. The number of nitrogens with zero attached hydrogens (tertiary/aromatic N) is 1. The third-order valence-electron chi connectivity index (χ3n) is 2.18. The van der Waals surface area contributed by atoms with E-state index in [1.807, 2.05) is 25.2 Å². The van der Waals surface area contributed by atoms with Gasteiger partial charge in [-0.2, -0.15) is 0 Å². The lowest BCUT2D eigenvalue weighted by Crippen LogP contribution is -1.86. The summed E-state index contributed by atoms with van der Waals surface area (Å²) in [5, 5.41) is 8.57. The van der Waals surface area contributed by atoms with E-state index in [9.17, 15) is 0 Å². The molecule has 0 rings (SSSR count). The third kappa shape index (κ3) is 12.6. The quantitative estimate of drug-likeness (QED) is 0.543. The fraction of sp³-hybridized carbons (Fsp3) is 0.353. The van der Waals surface area contributed by atoms with Gasteiger partial charge in [0.25, 0.3) is 0 Å². The monoisotopic (exact) mass is 259 g/mol. The average Bonchev–Trinajstić information content (AvgIpc) is 2.34. The minimum atomic E-state index is 0.0964. The molecule has 0 spiro atoms. The van der Waals surface area contributed by atoms with Gasteiger partial charge in [0.15, 0.2) is 0 Å². The Hall–Kier alpha value is -1.67. The Labute approximate surface area is 117 Å². The standard InChI is InChI=1S/C17H25NO/c1-15(2)7-5-8-16(3)9-6-10-17(4)11-12-18-13-14-19/h5-12,19H,13-14H2,1-4H3/b8-5+,10-6+,16-9+,17-11+,18-12+. The number of hydrogen-bond donors (Lipinski definition) is 1. The molecular weight excluding hydrogens is 234 g/mol. The SMILES string of the molecule is CC(C)=C/C=C/C(C)=C/C=C/C(C)=C/C=N/CCO. The molecule has 2 heteroatoms. The Morgan fingerprint density at radius 3 is 2.05 bits per heavy atom. The molecule has 0 amide bonds. The first-order valence-corrected chi connectivity index (χ1v) is 6.50. The normalized spacial score (nSPS) is 13.9. The molecule has 0 aliphatic carbocycles. The van der Waals surface area contributed by atoms with E-state index in [1.54, 1.807) is 6.21 Å². The van der Waals surface area contributed by atoms with Crippen LogP contribution >= 0.6 is 0 Å². The Kier molecular flexibility index (Phi) is 10.4. The van der Waals surface area contributed by atoms with Crippen molar-refractivity contribution in [2.45, 2.75) is 27.7 Å². The van der Waals surface area contributed by atoms with Gasteiger partial charge in [0, 0.05) is 6.21 Å². The zero-order valence-electron chi connectivity index (χ0n) is 12.4. The van der Waals surface area contributed by atoms with Crippen LogP contribution in [0.25, 0.3) is 0 Å². The van der Waals surface area contributed by atoms with Gasteiger partial charge >= 0.3 is 0 Å². The first kappa shape index (κ1) is 17.3. The molecular formula is C17H25NO. The molecule has 0 radical (unpaired) electrons. The first-order chi connectivity index (χ1) is 9.06. The lowest BCUT2D eigenvalue weighted by molar-refractivity contribution is 0.307. The van der Waals surface area contributed by atoms with E-state index >= 15 is 0 Å². The van der Waals surface area contributed by atoms with Crippen LogP contribution in [0, 0.1) is 0 Å². The molecule has 0 aromatic carbocycles. The second-order valence-electron chi connectivity index (χ2n) is 4.56. The van der Waals surface area contributed by atoms with Gasteiger partial charge in [-0.3, -0.25) is 4.99 Å². The Morgan fingerprint density at radius 1 is 0.895 bits per heavy atom. The van der Waals surface area contributed by atoms with Crippen LogP contribution in [0.5, 0.6) is 0 Å². The predicted molar refractivity (Wildman–Crippen MR) is 85.7 cm³/mol. The van der Waals surface area contributed by atoms with Crippen LogP contribution in [-0.2, 0) is 0 Å². The van der Waals surface area contributed by atoms with Gasteiger partial charge in [-0.15, -0.1) is 0 Å². The van der Waals surface area contributed by atoms with Gasteiger partial charge in [-0.1, -0.05) is 47.6 Å². The van der Waals surface area contributed by atoms with Crippen molar-refractivity contribution in [3.63, 3.8) is 0 Å². The minimum Gasteiger partial charge on any atom is -0.394 e. The summed E-state index contributed by atoms with van der Waals surface area (Å²) < 4.78 is 0. The highest BCUT2D eigenvalue weighted by Crippen LogP contribution is 2.00. The van der Waals surface area contributed by atoms with Gasteiger partial charge in [0.05, 0.1) is 13.2 Å². The maximum absolute atomic E-state index is 8.57. The molecule has 0 aromatic heterocycles. The number of hydrogen-bond acceptors (Lipinski definition) is 2. The maximum Gasteiger partial charge on any atom is 0.0626 e. The molecule has 0 saturated heterocycles. The van der Waals surface area contributed by atoms with Gasteiger partial charge in [0.2, 0.25) is 0 Å². The van der Waals surface area contributed by atoms with E-state index in [4.69, 9.17) is 5.11 Å². The van der Waals surface area contributed by atoms with Crippen LogP contribution in [0.1, 0.15) is 27.7 Å². The summed E-state index contributed by atoms with van der Waals surface area (Å²) in [6.45, 7) is 8.80. The smallest absolute Gasteiger partial charge is 0.0626 e. The molecule has 2 nitrogen and oxygen atoms in total. The van der Waals surface area contributed by atoms with E-state index in [1.165, 1.54) is 11.1 Å². The number of rotatable bonds is 7. The zero-order valence-corrected chi connectivity index (χ0v) is 12.4. The molecule has 0 aliphatic heterocycles. The molecule has 19 heavy (non-hydrogen) atoms. The largest absolute Gasteiger partial charge is 0.394 e. The van der Waals surface area contributed by atoms with Crippen molar-refractivity contribution < 1.29 is 5.11 Å². The van der Waals surface area contributed by atoms with Crippen LogP contribution in [0.4, 0.5) is 0 Å². The van der Waals surface area contributed by atoms with Gasteiger partial charge in [0.1, 0.15) is 0 Å². The second kappa shape index (κ2) is 11.4. The molecule has 0 fully saturated rings. The van der Waals surface area contributed by atoms with Crippen molar-refractivity contribution in [3.05, 3.63) is 59.3 Å². The fourth-order valence-electron chi connectivity index (χ4n) is 1.16. The van der Waals surface area contributed by atoms with Gasteiger partial charge < -0.3 is 5.11 Å². The van der Waals surface area contributed by atoms with Crippen LogP contribution in [0.3, 0.4) is 0 Å². The molecule has 0 aliphatic rings. The summed E-state index contributed by atoms with van der Waals surface area (Å²) in [7, 11) is 0. The molecule has 1 N–H and O–H groups in total. The molecule has 104 valence electrons. The molecule has 0 bridgehead atoms. The number of aliphatic hydroxyl groups is 1. The zero-order chi connectivity index (χ0) is 14.5. The summed E-state index contributed by atoms with van der Waals surface area (Å²) in [4.78, 5) is 4.01. The van der Waals surface area contributed by atoms with Gasteiger partial charge in [-0.25, -0.2) is 0 Å². The second-order valence-corrected chi connectivity index (χ2v) is 4.56. The maximum atomic E-state index is 8.57. The summed E-state index contributed by atoms with van der Waals surface area (Å²) >= 11 is 0. The lowest BCUT2D eigenvalue weighted by atomic mass is 10.2. The Balaban J connectivity index is 4.32. The number of aliphatic hydroxyl groups excluding tert-OH is 1. The summed E-state index contributed by atoms with van der Waals surface area (Å²) in [6, 6.07) is 0. The minimum absolute atomic E-state index is 0.0964. The average molecular weight is 259 g/mol. The van der Waals surface area contributed by atoms with Crippen LogP contribution < -0.4 is 0 Å². The highest BCUT2D eigenvalue weighted by Gasteiger charge is 1.80. The highest BCUT2D eigenvalue weighted by molar-refractivity contribution is 5.72. The fourth-order valence-corrected chi connectivity index (χ4v) is 1.16.